The van der Waals surface area contributed by atoms with Gasteiger partial charge in [-0.25, -0.2) is 10.2 Å². The standard InChI is InChI=1S/C20H24ClN5O2/c21-17-8-6-16(7-9-17)15-25-10-12-26(13-11-25)20(28)24-22-14-19(27)23-18-4-2-1-3-5-18/h1-9,22H,10-15H2,(H,23,27)(H,24,28). The smallest absolute Gasteiger partial charge is 0.325 e. The number of nitrogens with zero attached hydrogens (tertiary/aromatic N) is 2. The monoisotopic (exact) mass is 401 g/mol. The molecule has 7 nitrogen and oxygen atoms in total. The van der Waals surface area contributed by atoms with Crippen molar-refractivity contribution in [2.75, 3.05) is 38.0 Å². The van der Waals surface area contributed by atoms with Gasteiger partial charge in [0, 0.05) is 43.4 Å². The molecule has 0 aromatic heterocycles. The molecule has 1 aliphatic rings. The van der Waals surface area contributed by atoms with Crippen molar-refractivity contribution in [1.29, 1.82) is 0 Å². The van der Waals surface area contributed by atoms with Crippen LogP contribution in [-0.2, 0) is 11.3 Å². The van der Waals surface area contributed by atoms with Gasteiger partial charge in [0.15, 0.2) is 0 Å². The molecule has 28 heavy (non-hydrogen) atoms. The van der Waals surface area contributed by atoms with E-state index in [4.69, 9.17) is 11.6 Å². The molecule has 1 heterocycles. The lowest BCUT2D eigenvalue weighted by molar-refractivity contribution is -0.115. The summed E-state index contributed by atoms with van der Waals surface area (Å²) in [6.07, 6.45) is 0. The van der Waals surface area contributed by atoms with Crippen LogP contribution in [-0.4, -0.2) is 54.5 Å². The molecule has 0 atom stereocenters. The van der Waals surface area contributed by atoms with Crippen LogP contribution in [0.1, 0.15) is 5.56 Å². The molecule has 0 unspecified atom stereocenters. The van der Waals surface area contributed by atoms with Crippen molar-refractivity contribution in [3.05, 3.63) is 65.2 Å². The molecule has 0 spiro atoms. The van der Waals surface area contributed by atoms with Gasteiger partial charge in [-0.2, -0.15) is 0 Å². The highest BCUT2D eigenvalue weighted by atomic mass is 35.5. The molecule has 3 rings (SSSR count). The van der Waals surface area contributed by atoms with Gasteiger partial charge < -0.3 is 10.2 Å². The fraction of sp³-hybridized carbons (Fsp3) is 0.300. The number of anilines is 1. The molecule has 0 radical (unpaired) electrons. The molecule has 8 heteroatoms. The second-order valence-electron chi connectivity index (χ2n) is 6.59. The number of nitrogens with one attached hydrogen (secondary N) is 3. The number of rotatable bonds is 6. The molecular formula is C20H24ClN5O2. The molecule has 2 aromatic carbocycles. The summed E-state index contributed by atoms with van der Waals surface area (Å²) in [4.78, 5) is 28.1. The van der Waals surface area contributed by atoms with Crippen molar-refractivity contribution in [2.24, 2.45) is 0 Å². The van der Waals surface area contributed by atoms with E-state index in [0.29, 0.717) is 13.1 Å². The van der Waals surface area contributed by atoms with E-state index >= 15 is 0 Å². The van der Waals surface area contributed by atoms with Gasteiger partial charge in [0.1, 0.15) is 0 Å². The van der Waals surface area contributed by atoms with Gasteiger partial charge in [0.05, 0.1) is 6.54 Å². The third kappa shape index (κ3) is 6.23. The van der Waals surface area contributed by atoms with Crippen LogP contribution >= 0.6 is 11.6 Å². The van der Waals surface area contributed by atoms with Gasteiger partial charge in [0.25, 0.3) is 0 Å². The van der Waals surface area contributed by atoms with Gasteiger partial charge in [-0.3, -0.25) is 15.1 Å². The van der Waals surface area contributed by atoms with Crippen LogP contribution in [0.4, 0.5) is 10.5 Å². The van der Waals surface area contributed by atoms with E-state index in [1.54, 1.807) is 17.0 Å². The number of carbonyl (C=O) groups is 2. The van der Waals surface area contributed by atoms with Crippen LogP contribution < -0.4 is 16.2 Å². The van der Waals surface area contributed by atoms with E-state index in [0.717, 1.165) is 30.3 Å². The van der Waals surface area contributed by atoms with Crippen molar-refractivity contribution in [1.82, 2.24) is 20.7 Å². The highest BCUT2D eigenvalue weighted by Gasteiger charge is 2.21. The first-order valence-electron chi connectivity index (χ1n) is 9.19. The van der Waals surface area contributed by atoms with Crippen LogP contribution in [0.3, 0.4) is 0 Å². The maximum absolute atomic E-state index is 12.2. The Balaban J connectivity index is 1.33. The van der Waals surface area contributed by atoms with Crippen LogP contribution in [0.15, 0.2) is 54.6 Å². The lowest BCUT2D eigenvalue weighted by Crippen LogP contribution is -2.54. The summed E-state index contributed by atoms with van der Waals surface area (Å²) >= 11 is 5.91. The Hall–Kier alpha value is -2.61. The average Bonchev–Trinajstić information content (AvgIpc) is 2.71. The summed E-state index contributed by atoms with van der Waals surface area (Å²) in [6.45, 7) is 3.70. The minimum atomic E-state index is -0.223. The average molecular weight is 402 g/mol. The van der Waals surface area contributed by atoms with Gasteiger partial charge >= 0.3 is 6.03 Å². The Morgan fingerprint density at radius 3 is 2.29 bits per heavy atom. The first kappa shape index (κ1) is 20.1. The van der Waals surface area contributed by atoms with E-state index in [1.807, 2.05) is 42.5 Å². The minimum absolute atomic E-state index is 0.00281. The molecule has 148 valence electrons. The summed E-state index contributed by atoms with van der Waals surface area (Å²) in [5.74, 6) is -0.223. The van der Waals surface area contributed by atoms with E-state index in [9.17, 15) is 9.59 Å². The molecule has 0 bridgehead atoms. The summed E-state index contributed by atoms with van der Waals surface area (Å²) in [6, 6.07) is 16.8. The first-order valence-corrected chi connectivity index (χ1v) is 9.57. The minimum Gasteiger partial charge on any atom is -0.325 e. The van der Waals surface area contributed by atoms with Gasteiger partial charge in [-0.15, -0.1) is 0 Å². The van der Waals surface area contributed by atoms with E-state index in [-0.39, 0.29) is 18.5 Å². The maximum Gasteiger partial charge on any atom is 0.331 e. The zero-order valence-corrected chi connectivity index (χ0v) is 16.3. The van der Waals surface area contributed by atoms with E-state index in [1.165, 1.54) is 5.56 Å². The van der Waals surface area contributed by atoms with E-state index < -0.39 is 0 Å². The third-order valence-corrected chi connectivity index (χ3v) is 4.73. The molecule has 3 amide bonds. The predicted molar refractivity (Wildman–Crippen MR) is 110 cm³/mol. The van der Waals surface area contributed by atoms with Crippen molar-refractivity contribution in [3.63, 3.8) is 0 Å². The number of carbonyl (C=O) groups excluding carboxylic acids is 2. The quantitative estimate of drug-likeness (QED) is 0.649. The molecular weight excluding hydrogens is 378 g/mol. The topological polar surface area (TPSA) is 76.7 Å². The number of benzene rings is 2. The zero-order chi connectivity index (χ0) is 19.8. The fourth-order valence-electron chi connectivity index (χ4n) is 2.96. The van der Waals surface area contributed by atoms with Crippen LogP contribution in [0.2, 0.25) is 5.02 Å². The van der Waals surface area contributed by atoms with Crippen molar-refractivity contribution >= 4 is 29.2 Å². The summed E-state index contributed by atoms with van der Waals surface area (Å²) in [5.41, 5.74) is 7.18. The largest absolute Gasteiger partial charge is 0.331 e. The lowest BCUT2D eigenvalue weighted by atomic mass is 10.2. The van der Waals surface area contributed by atoms with Gasteiger partial charge in [0.2, 0.25) is 5.91 Å². The Morgan fingerprint density at radius 2 is 1.61 bits per heavy atom. The number of amides is 3. The first-order chi connectivity index (χ1) is 13.6. The van der Waals surface area contributed by atoms with Gasteiger partial charge in [-0.1, -0.05) is 41.9 Å². The Kier molecular flexibility index (Phi) is 7.25. The predicted octanol–water partition coefficient (Wildman–Crippen LogP) is 2.31. The van der Waals surface area contributed by atoms with Crippen LogP contribution in [0.5, 0.6) is 0 Å². The second-order valence-corrected chi connectivity index (χ2v) is 7.02. The third-order valence-electron chi connectivity index (χ3n) is 4.48. The second kappa shape index (κ2) is 10.1. The zero-order valence-electron chi connectivity index (χ0n) is 15.5. The molecule has 3 N–H and O–H groups in total. The summed E-state index contributed by atoms with van der Waals surface area (Å²) in [5, 5.41) is 3.48. The molecule has 1 aliphatic heterocycles. The highest BCUT2D eigenvalue weighted by Crippen LogP contribution is 2.13. The van der Waals surface area contributed by atoms with E-state index in [2.05, 4.69) is 21.1 Å². The molecule has 1 fully saturated rings. The van der Waals surface area contributed by atoms with Gasteiger partial charge in [-0.05, 0) is 29.8 Å². The number of halogens is 1. The molecule has 2 aromatic rings. The molecule has 0 aliphatic carbocycles. The fourth-order valence-corrected chi connectivity index (χ4v) is 3.09. The molecule has 0 saturated carbocycles. The van der Waals surface area contributed by atoms with Crippen LogP contribution in [0, 0.1) is 0 Å². The van der Waals surface area contributed by atoms with Crippen molar-refractivity contribution in [3.8, 4) is 0 Å². The normalized spacial score (nSPS) is 14.5. The number of urea groups is 1. The Morgan fingerprint density at radius 1 is 0.929 bits per heavy atom. The number of piperazine rings is 1. The van der Waals surface area contributed by atoms with Crippen molar-refractivity contribution < 1.29 is 9.59 Å². The van der Waals surface area contributed by atoms with Crippen LogP contribution in [0.25, 0.3) is 0 Å². The SMILES string of the molecule is O=C(CNNC(=O)N1CCN(Cc2ccc(Cl)cc2)CC1)Nc1ccccc1. The Bertz CT molecular complexity index is 777. The Labute approximate surface area is 169 Å². The maximum atomic E-state index is 12.2. The van der Waals surface area contributed by atoms with Crippen molar-refractivity contribution in [2.45, 2.75) is 6.54 Å². The number of para-hydroxylation sites is 1. The summed E-state index contributed by atoms with van der Waals surface area (Å²) in [7, 11) is 0. The highest BCUT2D eigenvalue weighted by molar-refractivity contribution is 6.30. The number of hydrogen-bond acceptors (Lipinski definition) is 4. The summed E-state index contributed by atoms with van der Waals surface area (Å²) < 4.78 is 0. The molecule has 1 saturated heterocycles. The number of hydrogen-bond donors (Lipinski definition) is 3. The lowest BCUT2D eigenvalue weighted by Gasteiger charge is -2.34. The number of hydrazine groups is 1.